The predicted octanol–water partition coefficient (Wildman–Crippen LogP) is 1.71. The molecule has 6 nitrogen and oxygen atoms in total. The van der Waals surface area contributed by atoms with Gasteiger partial charge in [-0.15, -0.1) is 12.4 Å². The second-order valence-electron chi connectivity index (χ2n) is 5.00. The van der Waals surface area contributed by atoms with Crippen LogP contribution < -0.4 is 10.6 Å². The summed E-state index contributed by atoms with van der Waals surface area (Å²) in [5, 5.41) is 10.2. The summed E-state index contributed by atoms with van der Waals surface area (Å²) in [4.78, 5) is 11.8. The molecule has 1 unspecified atom stereocenters. The van der Waals surface area contributed by atoms with Crippen LogP contribution in [0.4, 0.5) is 0 Å². The van der Waals surface area contributed by atoms with Gasteiger partial charge in [0.25, 0.3) is 0 Å². The summed E-state index contributed by atoms with van der Waals surface area (Å²) in [5.74, 6) is -0.0280. The Hall–Kier alpha value is -1.89. The monoisotopic (exact) mass is 338 g/mol. The van der Waals surface area contributed by atoms with Crippen LogP contribution >= 0.6 is 12.4 Å². The second kappa shape index (κ2) is 9.99. The lowest BCUT2D eigenvalue weighted by molar-refractivity contribution is -0.120. The number of nitrogens with one attached hydrogen (secondary N) is 2. The van der Waals surface area contributed by atoms with Crippen molar-refractivity contribution in [3.05, 3.63) is 48.3 Å². The molecule has 126 valence electrons. The number of amides is 1. The van der Waals surface area contributed by atoms with E-state index in [1.165, 1.54) is 0 Å². The van der Waals surface area contributed by atoms with Crippen molar-refractivity contribution in [2.45, 2.75) is 13.0 Å². The molecular weight excluding hydrogens is 316 g/mol. The van der Waals surface area contributed by atoms with Gasteiger partial charge in [0.05, 0.1) is 24.9 Å². The Morgan fingerprint density at radius 1 is 1.35 bits per heavy atom. The predicted molar refractivity (Wildman–Crippen MR) is 92.1 cm³/mol. The fraction of sp³-hybridized carbons (Fsp3) is 0.375. The Morgan fingerprint density at radius 3 is 2.70 bits per heavy atom. The number of carbonyl (C=O) groups is 1. The third-order valence-electron chi connectivity index (χ3n) is 3.31. The third kappa shape index (κ3) is 6.02. The summed E-state index contributed by atoms with van der Waals surface area (Å²) in [5.41, 5.74) is 2.05. The van der Waals surface area contributed by atoms with Crippen LogP contribution in [0.25, 0.3) is 5.69 Å². The van der Waals surface area contributed by atoms with E-state index in [9.17, 15) is 4.79 Å². The number of aromatic nitrogens is 2. The van der Waals surface area contributed by atoms with Crippen LogP contribution in [0.1, 0.15) is 18.5 Å². The molecule has 2 aromatic rings. The average Bonchev–Trinajstić information content (AvgIpc) is 3.06. The molecule has 0 saturated heterocycles. The van der Waals surface area contributed by atoms with E-state index in [4.69, 9.17) is 4.74 Å². The maximum atomic E-state index is 11.8. The molecule has 0 saturated carbocycles. The van der Waals surface area contributed by atoms with Gasteiger partial charge in [0.1, 0.15) is 0 Å². The number of carbonyl (C=O) groups excluding carboxylic acids is 1. The van der Waals surface area contributed by atoms with Crippen LogP contribution in [0.5, 0.6) is 0 Å². The fourth-order valence-electron chi connectivity index (χ4n) is 2.09. The number of nitrogens with zero attached hydrogens (tertiary/aromatic N) is 2. The zero-order valence-corrected chi connectivity index (χ0v) is 14.2. The number of halogens is 1. The Labute approximate surface area is 142 Å². The molecule has 0 radical (unpaired) electrons. The smallest absolute Gasteiger partial charge is 0.234 e. The van der Waals surface area contributed by atoms with Crippen molar-refractivity contribution in [2.75, 3.05) is 26.8 Å². The summed E-state index contributed by atoms with van der Waals surface area (Å²) < 4.78 is 6.71. The van der Waals surface area contributed by atoms with E-state index in [1.54, 1.807) is 18.0 Å². The van der Waals surface area contributed by atoms with E-state index in [2.05, 4.69) is 15.7 Å². The Balaban J connectivity index is 0.00000264. The minimum absolute atomic E-state index is 0. The van der Waals surface area contributed by atoms with Crippen molar-refractivity contribution in [2.24, 2.45) is 0 Å². The number of methoxy groups -OCH3 is 1. The van der Waals surface area contributed by atoms with Crippen LogP contribution in [0, 0.1) is 0 Å². The molecule has 1 heterocycles. The second-order valence-corrected chi connectivity index (χ2v) is 5.00. The minimum Gasteiger partial charge on any atom is -0.383 e. The van der Waals surface area contributed by atoms with Crippen molar-refractivity contribution >= 4 is 18.3 Å². The summed E-state index contributed by atoms with van der Waals surface area (Å²) >= 11 is 0. The molecular formula is C16H23ClN4O2. The van der Waals surface area contributed by atoms with Crippen LogP contribution in [0.3, 0.4) is 0 Å². The summed E-state index contributed by atoms with van der Waals surface area (Å²) in [6, 6.07) is 9.82. The van der Waals surface area contributed by atoms with E-state index in [0.29, 0.717) is 19.7 Å². The van der Waals surface area contributed by atoms with Crippen molar-refractivity contribution in [1.29, 1.82) is 0 Å². The van der Waals surface area contributed by atoms with Gasteiger partial charge in [0.15, 0.2) is 0 Å². The SMILES string of the molecule is COCCNCC(=O)NC(C)c1ccc(-n2cccn2)cc1.Cl. The summed E-state index contributed by atoms with van der Waals surface area (Å²) in [6.45, 7) is 3.52. The highest BCUT2D eigenvalue weighted by Gasteiger charge is 2.09. The zero-order valence-electron chi connectivity index (χ0n) is 13.4. The van der Waals surface area contributed by atoms with Gasteiger partial charge in [-0.2, -0.15) is 5.10 Å². The molecule has 0 aliphatic rings. The molecule has 2 rings (SSSR count). The lowest BCUT2D eigenvalue weighted by Crippen LogP contribution is -2.36. The lowest BCUT2D eigenvalue weighted by atomic mass is 10.1. The van der Waals surface area contributed by atoms with Crippen molar-refractivity contribution in [3.63, 3.8) is 0 Å². The van der Waals surface area contributed by atoms with Gasteiger partial charge in [-0.05, 0) is 30.7 Å². The molecule has 0 bridgehead atoms. The molecule has 2 N–H and O–H groups in total. The molecule has 23 heavy (non-hydrogen) atoms. The van der Waals surface area contributed by atoms with Gasteiger partial charge in [0, 0.05) is 26.0 Å². The largest absolute Gasteiger partial charge is 0.383 e. The van der Waals surface area contributed by atoms with E-state index < -0.39 is 0 Å². The first-order valence-corrected chi connectivity index (χ1v) is 7.29. The van der Waals surface area contributed by atoms with Gasteiger partial charge in [-0.3, -0.25) is 4.79 Å². The average molecular weight is 339 g/mol. The lowest BCUT2D eigenvalue weighted by Gasteiger charge is -2.15. The molecule has 0 fully saturated rings. The Morgan fingerprint density at radius 2 is 2.09 bits per heavy atom. The quantitative estimate of drug-likeness (QED) is 0.719. The maximum absolute atomic E-state index is 11.8. The molecule has 0 aliphatic carbocycles. The van der Waals surface area contributed by atoms with E-state index in [1.807, 2.05) is 43.5 Å². The molecule has 1 atom stereocenters. The molecule has 1 aromatic heterocycles. The number of rotatable bonds is 8. The highest BCUT2D eigenvalue weighted by molar-refractivity contribution is 5.85. The van der Waals surface area contributed by atoms with Crippen molar-refractivity contribution in [3.8, 4) is 5.69 Å². The fourth-order valence-corrected chi connectivity index (χ4v) is 2.09. The van der Waals surface area contributed by atoms with Gasteiger partial charge in [-0.25, -0.2) is 4.68 Å². The number of hydrogen-bond donors (Lipinski definition) is 2. The van der Waals surface area contributed by atoms with Crippen LogP contribution in [0.2, 0.25) is 0 Å². The molecule has 1 aromatic carbocycles. The van der Waals surface area contributed by atoms with E-state index in [0.717, 1.165) is 11.3 Å². The molecule has 7 heteroatoms. The van der Waals surface area contributed by atoms with E-state index in [-0.39, 0.29) is 24.4 Å². The van der Waals surface area contributed by atoms with E-state index >= 15 is 0 Å². The molecule has 1 amide bonds. The molecule has 0 aliphatic heterocycles. The summed E-state index contributed by atoms with van der Waals surface area (Å²) in [7, 11) is 1.64. The highest BCUT2D eigenvalue weighted by Crippen LogP contribution is 2.15. The van der Waals surface area contributed by atoms with Crippen LogP contribution in [-0.4, -0.2) is 42.5 Å². The normalized spacial score (nSPS) is 11.6. The van der Waals surface area contributed by atoms with Gasteiger partial charge in [0.2, 0.25) is 5.91 Å². The number of benzene rings is 1. The molecule has 0 spiro atoms. The Bertz CT molecular complexity index is 572. The van der Waals surface area contributed by atoms with Gasteiger partial charge >= 0.3 is 0 Å². The first kappa shape index (κ1) is 19.2. The Kier molecular flexibility index (Phi) is 8.32. The summed E-state index contributed by atoms with van der Waals surface area (Å²) in [6.07, 6.45) is 3.64. The topological polar surface area (TPSA) is 68.2 Å². The third-order valence-corrected chi connectivity index (χ3v) is 3.31. The number of ether oxygens (including phenoxy) is 1. The van der Waals surface area contributed by atoms with Gasteiger partial charge < -0.3 is 15.4 Å². The van der Waals surface area contributed by atoms with Crippen LogP contribution in [0.15, 0.2) is 42.7 Å². The first-order chi connectivity index (χ1) is 10.7. The van der Waals surface area contributed by atoms with Crippen molar-refractivity contribution < 1.29 is 9.53 Å². The highest BCUT2D eigenvalue weighted by atomic mass is 35.5. The van der Waals surface area contributed by atoms with Crippen molar-refractivity contribution in [1.82, 2.24) is 20.4 Å². The van der Waals surface area contributed by atoms with Crippen LogP contribution in [-0.2, 0) is 9.53 Å². The minimum atomic E-state index is -0.0385. The zero-order chi connectivity index (χ0) is 15.8. The maximum Gasteiger partial charge on any atom is 0.234 e. The number of hydrogen-bond acceptors (Lipinski definition) is 4. The first-order valence-electron chi connectivity index (χ1n) is 7.29. The van der Waals surface area contributed by atoms with Gasteiger partial charge in [-0.1, -0.05) is 12.1 Å². The standard InChI is InChI=1S/C16H22N4O2.ClH/c1-13(19-16(21)12-17-9-11-22-2)14-4-6-15(7-5-14)20-10-3-8-18-20;/h3-8,10,13,17H,9,11-12H2,1-2H3,(H,19,21);1H.